The molecule has 0 radical (unpaired) electrons. The van der Waals surface area contributed by atoms with E-state index in [1.165, 1.54) is 5.56 Å². The van der Waals surface area contributed by atoms with Crippen molar-refractivity contribution in [3.05, 3.63) is 42.0 Å². The molecule has 0 aromatic heterocycles. The summed E-state index contributed by atoms with van der Waals surface area (Å²) in [4.78, 5) is 0. The summed E-state index contributed by atoms with van der Waals surface area (Å²) in [6, 6.07) is 8.39. The van der Waals surface area contributed by atoms with Gasteiger partial charge < -0.3 is 10.1 Å². The maximum atomic E-state index is 5.51. The molecule has 0 amide bonds. The molecule has 92 valence electrons. The fourth-order valence-electron chi connectivity index (χ4n) is 2.61. The molecule has 2 heteroatoms. The second-order valence-electron chi connectivity index (χ2n) is 4.64. The molecular formula is C15H21NO. The van der Waals surface area contributed by atoms with Gasteiger partial charge in [0, 0.05) is 17.5 Å². The quantitative estimate of drug-likeness (QED) is 0.787. The predicted molar refractivity (Wildman–Crippen MR) is 71.6 cm³/mol. The summed E-state index contributed by atoms with van der Waals surface area (Å²) < 4.78 is 5.51. The summed E-state index contributed by atoms with van der Waals surface area (Å²) in [5.41, 5.74) is 1.51. The Labute approximate surface area is 104 Å². The lowest BCUT2D eigenvalue weighted by Crippen LogP contribution is -2.36. The first-order chi connectivity index (χ1) is 8.32. The van der Waals surface area contributed by atoms with Gasteiger partial charge in [-0.25, -0.2) is 0 Å². The number of ether oxygens (including phenoxy) is 1. The molecule has 0 bridgehead atoms. The zero-order valence-corrected chi connectivity index (χ0v) is 10.7. The minimum absolute atomic E-state index is 0.183. The second-order valence-corrected chi connectivity index (χ2v) is 4.64. The molecule has 0 aliphatic heterocycles. The van der Waals surface area contributed by atoms with Crippen LogP contribution in [-0.4, -0.2) is 20.2 Å². The van der Waals surface area contributed by atoms with Crippen molar-refractivity contribution < 1.29 is 4.74 Å². The van der Waals surface area contributed by atoms with Crippen molar-refractivity contribution in [2.45, 2.75) is 25.2 Å². The van der Waals surface area contributed by atoms with Gasteiger partial charge in [0.1, 0.15) is 5.75 Å². The largest absolute Gasteiger partial charge is 0.496 e. The van der Waals surface area contributed by atoms with Gasteiger partial charge in [-0.2, -0.15) is 0 Å². The fraction of sp³-hybridized carbons (Fsp3) is 0.467. The lowest BCUT2D eigenvalue weighted by molar-refractivity contribution is 0.370. The van der Waals surface area contributed by atoms with E-state index in [9.17, 15) is 0 Å². The molecule has 1 N–H and O–H groups in total. The molecule has 2 rings (SSSR count). The number of benzene rings is 1. The molecule has 0 saturated heterocycles. The van der Waals surface area contributed by atoms with Gasteiger partial charge in [-0.1, -0.05) is 37.3 Å². The SMILES string of the molecule is CCNCC1(c2ccccc2OC)CC=CC1. The van der Waals surface area contributed by atoms with Gasteiger partial charge in [0.2, 0.25) is 0 Å². The van der Waals surface area contributed by atoms with Crippen molar-refractivity contribution in [3.8, 4) is 5.75 Å². The minimum Gasteiger partial charge on any atom is -0.496 e. The summed E-state index contributed by atoms with van der Waals surface area (Å²) in [5.74, 6) is 1.01. The lowest BCUT2D eigenvalue weighted by Gasteiger charge is -2.31. The van der Waals surface area contributed by atoms with Crippen molar-refractivity contribution in [1.29, 1.82) is 0 Å². The highest BCUT2D eigenvalue weighted by molar-refractivity contribution is 5.42. The Morgan fingerprint density at radius 2 is 1.94 bits per heavy atom. The first kappa shape index (κ1) is 12.2. The van der Waals surface area contributed by atoms with Crippen molar-refractivity contribution in [2.24, 2.45) is 0 Å². The van der Waals surface area contributed by atoms with E-state index in [2.05, 4.69) is 42.6 Å². The number of rotatable bonds is 5. The lowest BCUT2D eigenvalue weighted by atomic mass is 9.77. The monoisotopic (exact) mass is 231 g/mol. The Kier molecular flexibility index (Phi) is 3.85. The van der Waals surface area contributed by atoms with Gasteiger partial charge in [-0.05, 0) is 25.5 Å². The van der Waals surface area contributed by atoms with Crippen LogP contribution in [0, 0.1) is 0 Å². The molecule has 0 heterocycles. The molecule has 0 unspecified atom stereocenters. The van der Waals surface area contributed by atoms with E-state index in [4.69, 9.17) is 4.74 Å². The molecule has 1 aliphatic rings. The Morgan fingerprint density at radius 1 is 1.24 bits per heavy atom. The number of allylic oxidation sites excluding steroid dienone is 2. The van der Waals surface area contributed by atoms with Crippen LogP contribution < -0.4 is 10.1 Å². The molecule has 0 atom stereocenters. The molecular weight excluding hydrogens is 210 g/mol. The Morgan fingerprint density at radius 3 is 2.59 bits per heavy atom. The van der Waals surface area contributed by atoms with Crippen LogP contribution in [-0.2, 0) is 5.41 Å². The summed E-state index contributed by atoms with van der Waals surface area (Å²) >= 11 is 0. The van der Waals surface area contributed by atoms with Crippen LogP contribution in [0.25, 0.3) is 0 Å². The van der Waals surface area contributed by atoms with Gasteiger partial charge in [0.15, 0.2) is 0 Å². The summed E-state index contributed by atoms with van der Waals surface area (Å²) in [5, 5.41) is 3.49. The Balaban J connectivity index is 2.32. The van der Waals surface area contributed by atoms with Crippen molar-refractivity contribution in [3.63, 3.8) is 0 Å². The number of para-hydroxylation sites is 1. The van der Waals surface area contributed by atoms with E-state index in [0.717, 1.165) is 31.7 Å². The molecule has 2 nitrogen and oxygen atoms in total. The first-order valence-corrected chi connectivity index (χ1v) is 6.31. The Bertz CT molecular complexity index is 390. The van der Waals surface area contributed by atoms with Crippen molar-refractivity contribution >= 4 is 0 Å². The molecule has 0 fully saturated rings. The molecule has 1 aromatic rings. The van der Waals surface area contributed by atoms with Crippen molar-refractivity contribution in [1.82, 2.24) is 5.32 Å². The number of hydrogen-bond acceptors (Lipinski definition) is 2. The van der Waals surface area contributed by atoms with E-state index >= 15 is 0 Å². The van der Waals surface area contributed by atoms with Crippen LogP contribution in [0.4, 0.5) is 0 Å². The normalized spacial score (nSPS) is 17.3. The third-order valence-electron chi connectivity index (χ3n) is 3.58. The van der Waals surface area contributed by atoms with E-state index < -0.39 is 0 Å². The highest BCUT2D eigenvalue weighted by Crippen LogP contribution is 2.40. The molecule has 0 spiro atoms. The summed E-state index contributed by atoms with van der Waals surface area (Å²) in [7, 11) is 1.75. The van der Waals surface area contributed by atoms with Crippen molar-refractivity contribution in [2.75, 3.05) is 20.2 Å². The summed E-state index contributed by atoms with van der Waals surface area (Å²) in [6.45, 7) is 4.17. The highest BCUT2D eigenvalue weighted by atomic mass is 16.5. The average Bonchev–Trinajstić information content (AvgIpc) is 2.86. The van der Waals surface area contributed by atoms with Crippen LogP contribution in [0.2, 0.25) is 0 Å². The second kappa shape index (κ2) is 5.37. The molecule has 17 heavy (non-hydrogen) atoms. The van der Waals surface area contributed by atoms with Gasteiger partial charge >= 0.3 is 0 Å². The Hall–Kier alpha value is -1.28. The molecule has 1 aliphatic carbocycles. The van der Waals surface area contributed by atoms with Gasteiger partial charge in [0.25, 0.3) is 0 Å². The third kappa shape index (κ3) is 2.37. The van der Waals surface area contributed by atoms with Crippen LogP contribution in [0.5, 0.6) is 5.75 Å². The van der Waals surface area contributed by atoms with Crippen LogP contribution in [0.15, 0.2) is 36.4 Å². The highest BCUT2D eigenvalue weighted by Gasteiger charge is 2.34. The predicted octanol–water partition coefficient (Wildman–Crippen LogP) is 2.89. The number of likely N-dealkylation sites (N-methyl/N-ethyl adjacent to an activating group) is 1. The first-order valence-electron chi connectivity index (χ1n) is 6.31. The molecule has 0 saturated carbocycles. The van der Waals surface area contributed by atoms with E-state index in [-0.39, 0.29) is 5.41 Å². The van der Waals surface area contributed by atoms with Gasteiger partial charge in [-0.3, -0.25) is 0 Å². The van der Waals surface area contributed by atoms with E-state index in [1.54, 1.807) is 7.11 Å². The smallest absolute Gasteiger partial charge is 0.122 e. The van der Waals surface area contributed by atoms with Gasteiger partial charge in [-0.15, -0.1) is 0 Å². The topological polar surface area (TPSA) is 21.3 Å². The minimum atomic E-state index is 0.183. The van der Waals surface area contributed by atoms with Gasteiger partial charge in [0.05, 0.1) is 7.11 Å². The third-order valence-corrected chi connectivity index (χ3v) is 3.58. The number of hydrogen-bond donors (Lipinski definition) is 1. The fourth-order valence-corrected chi connectivity index (χ4v) is 2.61. The average molecular weight is 231 g/mol. The van der Waals surface area contributed by atoms with Crippen LogP contribution in [0.3, 0.4) is 0 Å². The van der Waals surface area contributed by atoms with Crippen LogP contribution >= 0.6 is 0 Å². The van der Waals surface area contributed by atoms with E-state index in [1.807, 2.05) is 6.07 Å². The van der Waals surface area contributed by atoms with E-state index in [0.29, 0.717) is 0 Å². The maximum absolute atomic E-state index is 5.51. The molecule has 1 aromatic carbocycles. The summed E-state index contributed by atoms with van der Waals surface area (Å²) in [6.07, 6.45) is 6.76. The van der Waals surface area contributed by atoms with Crippen LogP contribution in [0.1, 0.15) is 25.3 Å². The zero-order valence-electron chi connectivity index (χ0n) is 10.7. The number of nitrogens with one attached hydrogen (secondary N) is 1. The number of methoxy groups -OCH3 is 1. The zero-order chi connectivity index (χ0) is 12.1. The standard InChI is InChI=1S/C15H21NO/c1-3-16-12-15(10-6-7-11-15)13-8-4-5-9-14(13)17-2/h4-9,16H,3,10-12H2,1-2H3. The maximum Gasteiger partial charge on any atom is 0.122 e.